The second kappa shape index (κ2) is 7.84. The summed E-state index contributed by atoms with van der Waals surface area (Å²) in [5.74, 6) is 1.11. The summed E-state index contributed by atoms with van der Waals surface area (Å²) >= 11 is 0. The SMILES string of the molecule is CCCC(C)C(O)c1ccc(OCc2ccccc2)cc1. The second-order valence-corrected chi connectivity index (χ2v) is 5.55. The van der Waals surface area contributed by atoms with Crippen molar-refractivity contribution in [1.82, 2.24) is 0 Å². The molecule has 0 aliphatic heterocycles. The molecule has 21 heavy (non-hydrogen) atoms. The molecule has 0 heterocycles. The minimum absolute atomic E-state index is 0.283. The lowest BCUT2D eigenvalue weighted by atomic mass is 9.94. The molecule has 1 N–H and O–H groups in total. The Labute approximate surface area is 127 Å². The van der Waals surface area contributed by atoms with Gasteiger partial charge in [0.25, 0.3) is 0 Å². The summed E-state index contributed by atoms with van der Waals surface area (Å²) in [5.41, 5.74) is 2.11. The van der Waals surface area contributed by atoms with Gasteiger partial charge < -0.3 is 9.84 Å². The molecule has 0 bridgehead atoms. The van der Waals surface area contributed by atoms with Gasteiger partial charge in [0.15, 0.2) is 0 Å². The molecular weight excluding hydrogens is 260 g/mol. The first kappa shape index (κ1) is 15.6. The molecule has 0 saturated carbocycles. The lowest BCUT2D eigenvalue weighted by molar-refractivity contribution is 0.112. The molecule has 0 amide bonds. The van der Waals surface area contributed by atoms with Crippen molar-refractivity contribution in [3.05, 3.63) is 65.7 Å². The van der Waals surface area contributed by atoms with E-state index in [4.69, 9.17) is 4.74 Å². The van der Waals surface area contributed by atoms with Gasteiger partial charge in [-0.1, -0.05) is 62.7 Å². The molecule has 2 aromatic carbocycles. The molecule has 2 atom stereocenters. The highest BCUT2D eigenvalue weighted by atomic mass is 16.5. The van der Waals surface area contributed by atoms with E-state index in [-0.39, 0.29) is 5.92 Å². The molecule has 0 radical (unpaired) electrons. The zero-order valence-electron chi connectivity index (χ0n) is 12.8. The van der Waals surface area contributed by atoms with Crippen molar-refractivity contribution in [1.29, 1.82) is 0 Å². The van der Waals surface area contributed by atoms with Gasteiger partial charge in [-0.2, -0.15) is 0 Å². The molecule has 0 spiro atoms. The van der Waals surface area contributed by atoms with E-state index in [1.54, 1.807) is 0 Å². The Balaban J connectivity index is 1.92. The van der Waals surface area contributed by atoms with Crippen LogP contribution in [-0.2, 0) is 6.61 Å². The first-order chi connectivity index (χ1) is 10.2. The Morgan fingerprint density at radius 3 is 2.29 bits per heavy atom. The largest absolute Gasteiger partial charge is 0.489 e. The monoisotopic (exact) mass is 284 g/mol. The zero-order valence-corrected chi connectivity index (χ0v) is 12.8. The number of hydrogen-bond donors (Lipinski definition) is 1. The van der Waals surface area contributed by atoms with Gasteiger partial charge in [-0.25, -0.2) is 0 Å². The normalized spacial score (nSPS) is 13.7. The maximum Gasteiger partial charge on any atom is 0.119 e. The Kier molecular flexibility index (Phi) is 5.82. The summed E-state index contributed by atoms with van der Waals surface area (Å²) in [6, 6.07) is 17.9. The standard InChI is InChI=1S/C19H24O2/c1-3-7-15(2)19(20)17-10-12-18(13-11-17)21-14-16-8-5-4-6-9-16/h4-6,8-13,15,19-20H,3,7,14H2,1-2H3. The molecule has 0 aliphatic carbocycles. The van der Waals surface area contributed by atoms with E-state index in [1.807, 2.05) is 54.6 Å². The van der Waals surface area contributed by atoms with Crippen LogP contribution in [0.25, 0.3) is 0 Å². The Morgan fingerprint density at radius 2 is 1.67 bits per heavy atom. The number of rotatable bonds is 7. The summed E-state index contributed by atoms with van der Waals surface area (Å²) in [4.78, 5) is 0. The molecule has 0 aromatic heterocycles. The van der Waals surface area contributed by atoms with E-state index in [0.717, 1.165) is 29.7 Å². The smallest absolute Gasteiger partial charge is 0.119 e. The van der Waals surface area contributed by atoms with Crippen LogP contribution in [0.2, 0.25) is 0 Å². The highest BCUT2D eigenvalue weighted by Gasteiger charge is 2.15. The van der Waals surface area contributed by atoms with Gasteiger partial charge in [0, 0.05) is 0 Å². The summed E-state index contributed by atoms with van der Waals surface area (Å²) in [6.45, 7) is 4.80. The molecular formula is C19H24O2. The van der Waals surface area contributed by atoms with Crippen LogP contribution in [0.3, 0.4) is 0 Å². The van der Waals surface area contributed by atoms with E-state index in [1.165, 1.54) is 0 Å². The first-order valence-electron chi connectivity index (χ1n) is 7.65. The van der Waals surface area contributed by atoms with Crippen LogP contribution in [0.15, 0.2) is 54.6 Å². The highest BCUT2D eigenvalue weighted by Crippen LogP contribution is 2.26. The molecule has 2 aromatic rings. The van der Waals surface area contributed by atoms with Gasteiger partial charge in [-0.3, -0.25) is 0 Å². The lowest BCUT2D eigenvalue weighted by Gasteiger charge is -2.18. The summed E-state index contributed by atoms with van der Waals surface area (Å²) < 4.78 is 5.75. The van der Waals surface area contributed by atoms with E-state index in [9.17, 15) is 5.11 Å². The third kappa shape index (κ3) is 4.61. The molecule has 2 nitrogen and oxygen atoms in total. The average Bonchev–Trinajstić information content (AvgIpc) is 2.54. The van der Waals surface area contributed by atoms with E-state index >= 15 is 0 Å². The van der Waals surface area contributed by atoms with Crippen LogP contribution in [-0.4, -0.2) is 5.11 Å². The Morgan fingerprint density at radius 1 is 1.00 bits per heavy atom. The van der Waals surface area contributed by atoms with Crippen molar-refractivity contribution in [2.45, 2.75) is 39.4 Å². The van der Waals surface area contributed by atoms with Crippen LogP contribution >= 0.6 is 0 Å². The molecule has 0 saturated heterocycles. The predicted octanol–water partition coefficient (Wildman–Crippen LogP) is 4.74. The van der Waals surface area contributed by atoms with Crippen LogP contribution in [0, 0.1) is 5.92 Å². The van der Waals surface area contributed by atoms with Crippen molar-refractivity contribution in [2.24, 2.45) is 5.92 Å². The summed E-state index contributed by atoms with van der Waals surface area (Å²) in [7, 11) is 0. The Hall–Kier alpha value is -1.80. The number of aliphatic hydroxyl groups excluding tert-OH is 1. The van der Waals surface area contributed by atoms with Gasteiger partial charge in [-0.15, -0.1) is 0 Å². The van der Waals surface area contributed by atoms with Crippen molar-refractivity contribution >= 4 is 0 Å². The van der Waals surface area contributed by atoms with E-state index < -0.39 is 6.10 Å². The molecule has 0 fully saturated rings. The average molecular weight is 284 g/mol. The summed E-state index contributed by atoms with van der Waals surface area (Å²) in [6.07, 6.45) is 1.73. The fourth-order valence-corrected chi connectivity index (χ4v) is 2.44. The van der Waals surface area contributed by atoms with Crippen molar-refractivity contribution in [3.63, 3.8) is 0 Å². The van der Waals surface area contributed by atoms with Crippen LogP contribution in [0.4, 0.5) is 0 Å². The predicted molar refractivity (Wildman–Crippen MR) is 86.2 cm³/mol. The number of benzene rings is 2. The van der Waals surface area contributed by atoms with Gasteiger partial charge >= 0.3 is 0 Å². The lowest BCUT2D eigenvalue weighted by Crippen LogP contribution is -2.08. The maximum absolute atomic E-state index is 10.3. The third-order valence-electron chi connectivity index (χ3n) is 3.75. The van der Waals surface area contributed by atoms with E-state index in [2.05, 4.69) is 13.8 Å². The third-order valence-corrected chi connectivity index (χ3v) is 3.75. The van der Waals surface area contributed by atoms with Gasteiger partial charge in [0.2, 0.25) is 0 Å². The van der Waals surface area contributed by atoms with Crippen LogP contribution < -0.4 is 4.74 Å². The Bertz CT molecular complexity index is 519. The van der Waals surface area contributed by atoms with Crippen molar-refractivity contribution in [2.75, 3.05) is 0 Å². The fourth-order valence-electron chi connectivity index (χ4n) is 2.44. The second-order valence-electron chi connectivity index (χ2n) is 5.55. The van der Waals surface area contributed by atoms with Gasteiger partial charge in [-0.05, 0) is 35.6 Å². The van der Waals surface area contributed by atoms with Gasteiger partial charge in [0.05, 0.1) is 6.10 Å². The van der Waals surface area contributed by atoms with Crippen molar-refractivity contribution in [3.8, 4) is 5.75 Å². The highest BCUT2D eigenvalue weighted by molar-refractivity contribution is 5.29. The number of aliphatic hydroxyl groups is 1. The van der Waals surface area contributed by atoms with E-state index in [0.29, 0.717) is 6.61 Å². The molecule has 2 unspecified atom stereocenters. The minimum Gasteiger partial charge on any atom is -0.489 e. The molecule has 2 heteroatoms. The van der Waals surface area contributed by atoms with Crippen molar-refractivity contribution < 1.29 is 9.84 Å². The molecule has 2 rings (SSSR count). The minimum atomic E-state index is -0.395. The number of hydrogen-bond acceptors (Lipinski definition) is 2. The first-order valence-corrected chi connectivity index (χ1v) is 7.65. The molecule has 112 valence electrons. The topological polar surface area (TPSA) is 29.5 Å². The summed E-state index contributed by atoms with van der Waals surface area (Å²) in [5, 5.41) is 10.3. The number of ether oxygens (including phenoxy) is 1. The van der Waals surface area contributed by atoms with Gasteiger partial charge in [0.1, 0.15) is 12.4 Å². The fraction of sp³-hybridized carbons (Fsp3) is 0.368. The maximum atomic E-state index is 10.3. The van der Waals surface area contributed by atoms with Crippen LogP contribution in [0.5, 0.6) is 5.75 Å². The van der Waals surface area contributed by atoms with Crippen LogP contribution in [0.1, 0.15) is 43.9 Å². The zero-order chi connectivity index (χ0) is 15.1. The molecule has 0 aliphatic rings. The quantitative estimate of drug-likeness (QED) is 0.796.